The molecule has 1 unspecified atom stereocenters. The highest BCUT2D eigenvalue weighted by Gasteiger charge is 2.23. The van der Waals surface area contributed by atoms with Crippen molar-refractivity contribution in [1.29, 1.82) is 0 Å². The van der Waals surface area contributed by atoms with Crippen molar-refractivity contribution in [2.45, 2.75) is 25.9 Å². The monoisotopic (exact) mass is 499 g/mol. The van der Waals surface area contributed by atoms with Crippen LogP contribution in [0.1, 0.15) is 18.3 Å². The Labute approximate surface area is 203 Å². The summed E-state index contributed by atoms with van der Waals surface area (Å²) in [4.78, 5) is 39.1. The number of aromatic amines is 1. The molecule has 10 heteroatoms. The van der Waals surface area contributed by atoms with Crippen LogP contribution in [0, 0.1) is 0 Å². The minimum absolute atomic E-state index is 0.00924. The third-order valence-corrected chi connectivity index (χ3v) is 8.31. The van der Waals surface area contributed by atoms with Crippen molar-refractivity contribution >= 4 is 50.3 Å². The predicted octanol–water partition coefficient (Wildman–Crippen LogP) is 4.23. The number of carbonyl (C=O) groups excluding carboxylic acids is 1. The van der Waals surface area contributed by atoms with Crippen molar-refractivity contribution < 1.29 is 4.79 Å². The first kappa shape index (κ1) is 22.3. The zero-order valence-corrected chi connectivity index (χ0v) is 20.7. The van der Waals surface area contributed by atoms with Gasteiger partial charge in [0.1, 0.15) is 10.7 Å². The number of carbonyl (C=O) groups is 1. The molecule has 2 amide bonds. The van der Waals surface area contributed by atoms with Crippen molar-refractivity contribution in [1.82, 2.24) is 25.1 Å². The number of H-pyrrole nitrogens is 1. The Hall–Kier alpha value is -2.53. The van der Waals surface area contributed by atoms with Gasteiger partial charge in [-0.2, -0.15) is 11.3 Å². The first-order chi connectivity index (χ1) is 16.1. The second-order valence-corrected chi connectivity index (χ2v) is 10.9. The molecular weight excluding hydrogens is 474 g/mol. The van der Waals surface area contributed by atoms with Crippen LogP contribution in [0.2, 0.25) is 0 Å². The Bertz CT molecular complexity index is 1270. The highest BCUT2D eigenvalue weighted by Crippen LogP contribution is 2.33. The molecule has 1 aliphatic heterocycles. The number of nitrogens with one attached hydrogen (secondary N) is 2. The fraction of sp³-hybridized carbons (Fsp3) is 0.348. The molecule has 0 saturated carbocycles. The van der Waals surface area contributed by atoms with E-state index in [1.54, 1.807) is 22.7 Å². The van der Waals surface area contributed by atoms with Crippen LogP contribution < -0.4 is 10.9 Å². The molecule has 1 aliphatic rings. The first-order valence-electron chi connectivity index (χ1n) is 10.9. The Balaban J connectivity index is 1.17. The lowest BCUT2D eigenvalue weighted by atomic mass is 10.1. The molecule has 1 fully saturated rings. The maximum atomic E-state index is 12.8. The molecule has 0 aromatic carbocycles. The van der Waals surface area contributed by atoms with E-state index in [1.165, 1.54) is 16.9 Å². The molecule has 0 spiro atoms. The normalized spacial score (nSPS) is 15.7. The van der Waals surface area contributed by atoms with Crippen LogP contribution in [-0.2, 0) is 13.0 Å². The zero-order chi connectivity index (χ0) is 22.8. The highest BCUT2D eigenvalue weighted by atomic mass is 32.1. The maximum Gasteiger partial charge on any atom is 0.317 e. The Morgan fingerprint density at radius 3 is 2.76 bits per heavy atom. The minimum Gasteiger partial charge on any atom is -0.335 e. The van der Waals surface area contributed by atoms with Gasteiger partial charge in [-0.05, 0) is 47.2 Å². The van der Waals surface area contributed by atoms with E-state index in [2.05, 4.69) is 32.0 Å². The van der Waals surface area contributed by atoms with Crippen LogP contribution in [0.25, 0.3) is 20.7 Å². The van der Waals surface area contributed by atoms with Gasteiger partial charge in [-0.1, -0.05) is 6.07 Å². The van der Waals surface area contributed by atoms with Gasteiger partial charge < -0.3 is 15.2 Å². The smallest absolute Gasteiger partial charge is 0.317 e. The van der Waals surface area contributed by atoms with E-state index in [0.29, 0.717) is 30.8 Å². The van der Waals surface area contributed by atoms with Gasteiger partial charge >= 0.3 is 6.03 Å². The summed E-state index contributed by atoms with van der Waals surface area (Å²) in [5, 5.41) is 12.0. The topological polar surface area (TPSA) is 81.3 Å². The number of urea groups is 1. The lowest BCUT2D eigenvalue weighted by Crippen LogP contribution is -2.53. The summed E-state index contributed by atoms with van der Waals surface area (Å²) in [6.45, 7) is 5.42. The summed E-state index contributed by atoms with van der Waals surface area (Å²) in [6.07, 6.45) is 0.841. The molecule has 2 N–H and O–H groups in total. The van der Waals surface area contributed by atoms with Gasteiger partial charge in [0.2, 0.25) is 0 Å². The van der Waals surface area contributed by atoms with E-state index in [-0.39, 0.29) is 17.6 Å². The molecule has 7 nitrogen and oxygen atoms in total. The summed E-state index contributed by atoms with van der Waals surface area (Å²) in [5.41, 5.74) is 2.12. The van der Waals surface area contributed by atoms with Crippen molar-refractivity contribution in [3.8, 4) is 10.4 Å². The zero-order valence-electron chi connectivity index (χ0n) is 18.2. The maximum absolute atomic E-state index is 12.8. The van der Waals surface area contributed by atoms with E-state index >= 15 is 0 Å². The second-order valence-electron chi connectivity index (χ2n) is 8.27. The molecule has 4 aromatic heterocycles. The van der Waals surface area contributed by atoms with Crippen LogP contribution in [-0.4, -0.2) is 58.0 Å². The van der Waals surface area contributed by atoms with Gasteiger partial charge in [0.15, 0.2) is 0 Å². The molecular formula is C23H25N5O2S3. The molecule has 0 aliphatic carbocycles. The molecule has 33 heavy (non-hydrogen) atoms. The van der Waals surface area contributed by atoms with E-state index in [4.69, 9.17) is 4.98 Å². The van der Waals surface area contributed by atoms with Crippen LogP contribution in [0.4, 0.5) is 4.79 Å². The standard InChI is InChI=1S/C23H25N5O2S3/c1-15(11-16-4-10-31-13-16)24-23(30)28-7-5-27(6-8-28)12-19-25-21(29)20-17(14-33-22(20)26-19)18-3-2-9-32-18/h2-4,9-10,13-15H,5-8,11-12H2,1H3,(H,24,30)(H,25,26,29). The number of rotatable bonds is 6. The number of piperazine rings is 1. The van der Waals surface area contributed by atoms with E-state index in [9.17, 15) is 9.59 Å². The number of amides is 2. The average molecular weight is 500 g/mol. The Morgan fingerprint density at radius 1 is 1.18 bits per heavy atom. The number of thiophene rings is 3. The number of fused-ring (bicyclic) bond motifs is 1. The van der Waals surface area contributed by atoms with E-state index < -0.39 is 0 Å². The molecule has 172 valence electrons. The molecule has 4 aromatic rings. The number of hydrogen-bond acceptors (Lipinski definition) is 7. The molecule has 0 radical (unpaired) electrons. The fourth-order valence-corrected chi connectivity index (χ4v) is 6.58. The SMILES string of the molecule is CC(Cc1ccsc1)NC(=O)N1CCN(Cc2nc3scc(-c4cccs4)c3c(=O)[nH]2)CC1. The van der Waals surface area contributed by atoms with Crippen LogP contribution >= 0.6 is 34.0 Å². The lowest BCUT2D eigenvalue weighted by Gasteiger charge is -2.35. The lowest BCUT2D eigenvalue weighted by molar-refractivity contribution is 0.132. The third kappa shape index (κ3) is 5.03. The molecule has 0 bridgehead atoms. The highest BCUT2D eigenvalue weighted by molar-refractivity contribution is 7.18. The van der Waals surface area contributed by atoms with E-state index in [0.717, 1.165) is 34.8 Å². The summed E-state index contributed by atoms with van der Waals surface area (Å²) < 4.78 is 0. The Kier molecular flexibility index (Phi) is 6.59. The van der Waals surface area contributed by atoms with Crippen molar-refractivity contribution in [2.24, 2.45) is 0 Å². The van der Waals surface area contributed by atoms with Gasteiger partial charge in [-0.3, -0.25) is 9.69 Å². The van der Waals surface area contributed by atoms with Gasteiger partial charge in [-0.25, -0.2) is 9.78 Å². The average Bonchev–Trinajstić information content (AvgIpc) is 3.56. The summed E-state index contributed by atoms with van der Waals surface area (Å²) in [6, 6.07) is 6.20. The minimum atomic E-state index is -0.0859. The van der Waals surface area contributed by atoms with Crippen molar-refractivity contribution in [3.63, 3.8) is 0 Å². The van der Waals surface area contributed by atoms with Crippen LogP contribution in [0.5, 0.6) is 0 Å². The first-order valence-corrected chi connectivity index (χ1v) is 13.6. The summed E-state index contributed by atoms with van der Waals surface area (Å²) >= 11 is 4.81. The van der Waals surface area contributed by atoms with Gasteiger partial charge in [0.25, 0.3) is 5.56 Å². The molecule has 1 saturated heterocycles. The summed E-state index contributed by atoms with van der Waals surface area (Å²) in [7, 11) is 0. The van der Waals surface area contributed by atoms with Crippen molar-refractivity contribution in [2.75, 3.05) is 26.2 Å². The fourth-order valence-electron chi connectivity index (χ4n) is 4.12. The molecule has 5 heterocycles. The Morgan fingerprint density at radius 2 is 2.03 bits per heavy atom. The number of hydrogen-bond donors (Lipinski definition) is 2. The third-order valence-electron chi connectivity index (χ3n) is 5.80. The second kappa shape index (κ2) is 9.76. The van der Waals surface area contributed by atoms with E-state index in [1.807, 2.05) is 34.7 Å². The number of nitrogens with zero attached hydrogens (tertiary/aromatic N) is 3. The van der Waals surface area contributed by atoms with Gasteiger partial charge in [0.05, 0.1) is 11.9 Å². The largest absolute Gasteiger partial charge is 0.335 e. The quantitative estimate of drug-likeness (QED) is 0.416. The van der Waals surface area contributed by atoms with Crippen molar-refractivity contribution in [3.05, 3.63) is 61.5 Å². The van der Waals surface area contributed by atoms with Crippen LogP contribution in [0.15, 0.2) is 44.5 Å². The predicted molar refractivity (Wildman–Crippen MR) is 136 cm³/mol. The molecule has 5 rings (SSSR count). The van der Waals surface area contributed by atoms with Gasteiger partial charge in [-0.15, -0.1) is 22.7 Å². The molecule has 1 atom stereocenters. The number of aromatic nitrogens is 2. The van der Waals surface area contributed by atoms with Gasteiger partial charge in [0, 0.05) is 48.0 Å². The van der Waals surface area contributed by atoms with Crippen LogP contribution in [0.3, 0.4) is 0 Å². The summed E-state index contributed by atoms with van der Waals surface area (Å²) in [5.74, 6) is 0.675.